The molecule has 0 radical (unpaired) electrons. The standard InChI is InChI=1S/C23H23F3N2O2/c24-23(25,26)19-12-11-18(21(29)27-19)22(30)28-20(15-5-2-1-3-6-15)17-10-9-14-7-4-8-16(14)13-17/h1-3,5-6,9-10,13,18-20H,4,7-8,11-12H2,(H,27,29)(H,28,30). The minimum atomic E-state index is -4.51. The van der Waals surface area contributed by atoms with Crippen molar-refractivity contribution in [3.63, 3.8) is 0 Å². The van der Waals surface area contributed by atoms with Crippen molar-refractivity contribution < 1.29 is 22.8 Å². The second-order valence-electron chi connectivity index (χ2n) is 7.97. The van der Waals surface area contributed by atoms with Crippen LogP contribution >= 0.6 is 0 Å². The average Bonchev–Trinajstić information content (AvgIpc) is 3.19. The molecule has 1 aliphatic heterocycles. The van der Waals surface area contributed by atoms with E-state index in [-0.39, 0.29) is 12.8 Å². The van der Waals surface area contributed by atoms with Crippen LogP contribution < -0.4 is 10.6 Å². The van der Waals surface area contributed by atoms with E-state index in [4.69, 9.17) is 0 Å². The van der Waals surface area contributed by atoms with Crippen molar-refractivity contribution in [2.45, 2.75) is 50.4 Å². The van der Waals surface area contributed by atoms with Gasteiger partial charge in [-0.25, -0.2) is 0 Å². The van der Waals surface area contributed by atoms with Crippen LogP contribution in [-0.2, 0) is 22.4 Å². The van der Waals surface area contributed by atoms with Gasteiger partial charge in [0.1, 0.15) is 12.0 Å². The normalized spacial score (nSPS) is 22.2. The second-order valence-corrected chi connectivity index (χ2v) is 7.97. The molecule has 2 aromatic carbocycles. The summed E-state index contributed by atoms with van der Waals surface area (Å²) in [7, 11) is 0. The largest absolute Gasteiger partial charge is 0.408 e. The van der Waals surface area contributed by atoms with Gasteiger partial charge in [-0.2, -0.15) is 13.2 Å². The summed E-state index contributed by atoms with van der Waals surface area (Å²) in [5.74, 6) is -2.56. The lowest BCUT2D eigenvalue weighted by Gasteiger charge is -2.31. The molecule has 4 rings (SSSR count). The molecule has 0 aromatic heterocycles. The van der Waals surface area contributed by atoms with Crippen LogP contribution in [0.5, 0.6) is 0 Å². The Morgan fingerprint density at radius 3 is 2.43 bits per heavy atom. The van der Waals surface area contributed by atoms with E-state index in [9.17, 15) is 22.8 Å². The highest BCUT2D eigenvalue weighted by Gasteiger charge is 2.46. The number of fused-ring (bicyclic) bond motifs is 1. The van der Waals surface area contributed by atoms with Gasteiger partial charge in [0.25, 0.3) is 0 Å². The molecule has 2 N–H and O–H groups in total. The summed E-state index contributed by atoms with van der Waals surface area (Å²) in [4.78, 5) is 25.1. The molecule has 0 spiro atoms. The summed E-state index contributed by atoms with van der Waals surface area (Å²) in [5.41, 5.74) is 4.32. The van der Waals surface area contributed by atoms with Crippen molar-refractivity contribution in [2.75, 3.05) is 0 Å². The van der Waals surface area contributed by atoms with Gasteiger partial charge >= 0.3 is 6.18 Å². The van der Waals surface area contributed by atoms with E-state index in [0.717, 1.165) is 30.4 Å². The van der Waals surface area contributed by atoms with Gasteiger partial charge in [-0.05, 0) is 54.4 Å². The molecule has 1 fully saturated rings. The summed E-state index contributed by atoms with van der Waals surface area (Å²) in [6.45, 7) is 0. The van der Waals surface area contributed by atoms with E-state index in [2.05, 4.69) is 17.4 Å². The van der Waals surface area contributed by atoms with Crippen LogP contribution in [0.25, 0.3) is 0 Å². The SMILES string of the molecule is O=C(NC(c1ccccc1)c1ccc2c(c1)CCC2)C1CCC(C(F)(F)F)NC1=O. The Hall–Kier alpha value is -2.83. The maximum Gasteiger partial charge on any atom is 0.408 e. The molecule has 1 aliphatic carbocycles. The zero-order valence-electron chi connectivity index (χ0n) is 16.3. The second kappa shape index (κ2) is 8.13. The van der Waals surface area contributed by atoms with Crippen LogP contribution in [0.3, 0.4) is 0 Å². The minimum Gasteiger partial charge on any atom is -0.344 e. The Bertz CT molecular complexity index is 943. The van der Waals surface area contributed by atoms with Crippen molar-refractivity contribution in [1.29, 1.82) is 0 Å². The number of rotatable bonds is 4. The predicted octanol–water partition coefficient (Wildman–Crippen LogP) is 3.84. The molecular formula is C23H23F3N2O2. The average molecular weight is 416 g/mol. The lowest BCUT2D eigenvalue weighted by atomic mass is 9.91. The molecule has 1 saturated heterocycles. The third-order valence-corrected chi connectivity index (χ3v) is 5.96. The first kappa shape index (κ1) is 20.4. The number of hydrogen-bond acceptors (Lipinski definition) is 2. The number of hydrogen-bond donors (Lipinski definition) is 2. The van der Waals surface area contributed by atoms with Crippen molar-refractivity contribution in [1.82, 2.24) is 10.6 Å². The summed E-state index contributed by atoms with van der Waals surface area (Å²) in [6, 6.07) is 13.1. The highest BCUT2D eigenvalue weighted by Crippen LogP contribution is 2.31. The minimum absolute atomic E-state index is 0.131. The quantitative estimate of drug-likeness (QED) is 0.745. The van der Waals surface area contributed by atoms with Gasteiger partial charge in [-0.1, -0.05) is 48.5 Å². The van der Waals surface area contributed by atoms with Gasteiger partial charge in [0.05, 0.1) is 6.04 Å². The number of alkyl halides is 3. The van der Waals surface area contributed by atoms with E-state index < -0.39 is 36.0 Å². The monoisotopic (exact) mass is 416 g/mol. The highest BCUT2D eigenvalue weighted by atomic mass is 19.4. The number of benzene rings is 2. The summed E-state index contributed by atoms with van der Waals surface area (Å²) >= 11 is 0. The van der Waals surface area contributed by atoms with Crippen molar-refractivity contribution in [3.05, 3.63) is 70.8 Å². The van der Waals surface area contributed by atoms with Gasteiger partial charge < -0.3 is 10.6 Å². The molecule has 1 heterocycles. The smallest absolute Gasteiger partial charge is 0.344 e. The summed E-state index contributed by atoms with van der Waals surface area (Å²) in [5, 5.41) is 4.86. The first-order valence-electron chi connectivity index (χ1n) is 10.2. The van der Waals surface area contributed by atoms with Gasteiger partial charge in [0.15, 0.2) is 0 Å². The molecule has 3 atom stereocenters. The number of piperidine rings is 1. The third kappa shape index (κ3) is 4.20. The molecule has 0 bridgehead atoms. The number of nitrogens with one attached hydrogen (secondary N) is 2. The van der Waals surface area contributed by atoms with Crippen LogP contribution in [0, 0.1) is 5.92 Å². The zero-order chi connectivity index (χ0) is 21.3. The predicted molar refractivity (Wildman–Crippen MR) is 106 cm³/mol. The van der Waals surface area contributed by atoms with Gasteiger partial charge in [0.2, 0.25) is 11.8 Å². The van der Waals surface area contributed by atoms with E-state index in [1.54, 1.807) is 0 Å². The third-order valence-electron chi connectivity index (χ3n) is 5.96. The number of amides is 2. The molecule has 158 valence electrons. The van der Waals surface area contributed by atoms with Crippen LogP contribution in [0.2, 0.25) is 0 Å². The Labute approximate surface area is 172 Å². The summed E-state index contributed by atoms with van der Waals surface area (Å²) in [6.07, 6.45) is -1.81. The molecule has 2 aromatic rings. The maximum absolute atomic E-state index is 12.9. The van der Waals surface area contributed by atoms with Crippen LogP contribution in [-0.4, -0.2) is 24.0 Å². The molecule has 3 unspecified atom stereocenters. The molecule has 4 nitrogen and oxygen atoms in total. The number of carbonyl (C=O) groups excluding carboxylic acids is 2. The van der Waals surface area contributed by atoms with Gasteiger partial charge in [0, 0.05) is 0 Å². The van der Waals surface area contributed by atoms with E-state index in [1.807, 2.05) is 41.7 Å². The lowest BCUT2D eigenvalue weighted by molar-refractivity contribution is -0.171. The fourth-order valence-electron chi connectivity index (χ4n) is 4.32. The van der Waals surface area contributed by atoms with Crippen molar-refractivity contribution in [3.8, 4) is 0 Å². The van der Waals surface area contributed by atoms with Crippen molar-refractivity contribution >= 4 is 11.8 Å². The first-order valence-corrected chi connectivity index (χ1v) is 10.2. The Kier molecular flexibility index (Phi) is 5.54. The van der Waals surface area contributed by atoms with Crippen LogP contribution in [0.15, 0.2) is 48.5 Å². The Balaban J connectivity index is 1.55. The zero-order valence-corrected chi connectivity index (χ0v) is 16.3. The first-order chi connectivity index (χ1) is 14.3. The Morgan fingerprint density at radius 1 is 1.00 bits per heavy atom. The van der Waals surface area contributed by atoms with Crippen molar-refractivity contribution in [2.24, 2.45) is 5.92 Å². The molecule has 2 aliphatic rings. The van der Waals surface area contributed by atoms with Crippen LogP contribution in [0.1, 0.15) is 47.6 Å². The molecule has 7 heteroatoms. The fourth-order valence-corrected chi connectivity index (χ4v) is 4.32. The Morgan fingerprint density at radius 2 is 1.73 bits per heavy atom. The number of carbonyl (C=O) groups is 2. The lowest BCUT2D eigenvalue weighted by Crippen LogP contribution is -2.54. The molecular weight excluding hydrogens is 393 g/mol. The van der Waals surface area contributed by atoms with E-state index >= 15 is 0 Å². The molecule has 30 heavy (non-hydrogen) atoms. The van der Waals surface area contributed by atoms with Crippen LogP contribution in [0.4, 0.5) is 13.2 Å². The number of aryl methyl sites for hydroxylation is 2. The highest BCUT2D eigenvalue weighted by molar-refractivity contribution is 6.01. The number of halogens is 3. The van der Waals surface area contributed by atoms with E-state index in [0.29, 0.717) is 0 Å². The molecule has 0 saturated carbocycles. The fraction of sp³-hybridized carbons (Fsp3) is 0.391. The van der Waals surface area contributed by atoms with Gasteiger partial charge in [-0.3, -0.25) is 9.59 Å². The topological polar surface area (TPSA) is 58.2 Å². The summed E-state index contributed by atoms with van der Waals surface area (Å²) < 4.78 is 38.7. The van der Waals surface area contributed by atoms with E-state index in [1.165, 1.54) is 11.1 Å². The molecule has 2 amide bonds. The van der Waals surface area contributed by atoms with Gasteiger partial charge in [-0.15, -0.1) is 0 Å². The maximum atomic E-state index is 12.9.